The minimum Gasteiger partial charge on any atom is -0.506 e. The summed E-state index contributed by atoms with van der Waals surface area (Å²) in [4.78, 5) is 38.0. The van der Waals surface area contributed by atoms with Crippen molar-refractivity contribution in [3.63, 3.8) is 0 Å². The summed E-state index contributed by atoms with van der Waals surface area (Å²) in [5.41, 5.74) is 0.150. The lowest BCUT2D eigenvalue weighted by molar-refractivity contribution is -0.134. The molecular formula is C19H25N3O4. The van der Waals surface area contributed by atoms with Gasteiger partial charge >= 0.3 is 6.03 Å². The van der Waals surface area contributed by atoms with Gasteiger partial charge in [-0.05, 0) is 48.8 Å². The van der Waals surface area contributed by atoms with Gasteiger partial charge in [0.15, 0.2) is 0 Å². The molecule has 26 heavy (non-hydrogen) atoms. The van der Waals surface area contributed by atoms with Crippen LogP contribution in [0.2, 0.25) is 0 Å². The van der Waals surface area contributed by atoms with Crippen molar-refractivity contribution in [2.45, 2.75) is 51.5 Å². The molecule has 3 rings (SSSR count). The largest absolute Gasteiger partial charge is 0.506 e. The fourth-order valence-corrected chi connectivity index (χ4v) is 3.23. The van der Waals surface area contributed by atoms with E-state index >= 15 is 0 Å². The van der Waals surface area contributed by atoms with E-state index in [-0.39, 0.29) is 35.2 Å². The van der Waals surface area contributed by atoms with Crippen LogP contribution >= 0.6 is 0 Å². The number of phenolic OH excluding ortho intramolecular Hbond substituents is 1. The van der Waals surface area contributed by atoms with E-state index in [2.05, 4.69) is 10.6 Å². The number of aromatic hydroxyl groups is 1. The zero-order chi connectivity index (χ0) is 19.3. The van der Waals surface area contributed by atoms with Crippen molar-refractivity contribution in [2.24, 2.45) is 5.92 Å². The van der Waals surface area contributed by atoms with Gasteiger partial charge in [-0.15, -0.1) is 0 Å². The Morgan fingerprint density at radius 3 is 2.58 bits per heavy atom. The molecule has 0 spiro atoms. The Morgan fingerprint density at radius 2 is 2.00 bits per heavy atom. The molecule has 140 valence electrons. The van der Waals surface area contributed by atoms with Crippen LogP contribution in [-0.2, 0) is 15.0 Å². The summed E-state index contributed by atoms with van der Waals surface area (Å²) in [6.45, 7) is 7.40. The Bertz CT molecular complexity index is 779. The van der Waals surface area contributed by atoms with Crippen LogP contribution in [0.5, 0.6) is 5.75 Å². The van der Waals surface area contributed by atoms with Crippen LogP contribution in [0.1, 0.15) is 46.1 Å². The molecule has 2 aliphatic rings. The SMILES string of the molecule is CC(C)(C)c1ccc(O)c(NC(=O)CN2C(=O)N[C@@](C)(C3CC3)C2=O)c1. The Labute approximate surface area is 152 Å². The second kappa shape index (κ2) is 6.00. The molecule has 1 heterocycles. The summed E-state index contributed by atoms with van der Waals surface area (Å²) in [6, 6.07) is 4.47. The smallest absolute Gasteiger partial charge is 0.325 e. The minimum absolute atomic E-state index is 0.0635. The molecule has 7 nitrogen and oxygen atoms in total. The van der Waals surface area contributed by atoms with Gasteiger partial charge in [0.25, 0.3) is 5.91 Å². The summed E-state index contributed by atoms with van der Waals surface area (Å²) < 4.78 is 0. The molecule has 1 aromatic carbocycles. The number of carbonyl (C=O) groups is 3. The van der Waals surface area contributed by atoms with Gasteiger partial charge in [0.1, 0.15) is 17.8 Å². The van der Waals surface area contributed by atoms with Gasteiger partial charge in [0.2, 0.25) is 5.91 Å². The predicted octanol–water partition coefficient (Wildman–Crippen LogP) is 2.35. The third kappa shape index (κ3) is 3.25. The zero-order valence-electron chi connectivity index (χ0n) is 15.5. The second-order valence-corrected chi connectivity index (χ2v) is 8.33. The van der Waals surface area contributed by atoms with Gasteiger partial charge in [-0.25, -0.2) is 4.79 Å². The average molecular weight is 359 g/mol. The Hall–Kier alpha value is -2.57. The number of hydrogen-bond donors (Lipinski definition) is 3. The standard InChI is InChI=1S/C19H25N3O4/c1-18(2,3)12-7-8-14(23)13(9-12)20-15(24)10-22-16(25)19(4,11-5-6-11)21-17(22)26/h7-9,11,23H,5-6,10H2,1-4H3,(H,20,24)(H,21,26)/t19-/m0/s1. The molecule has 3 N–H and O–H groups in total. The summed E-state index contributed by atoms with van der Waals surface area (Å²) >= 11 is 0. The summed E-state index contributed by atoms with van der Waals surface area (Å²) in [5.74, 6) is -0.825. The molecule has 1 aliphatic carbocycles. The first-order chi connectivity index (χ1) is 12.0. The Balaban J connectivity index is 1.72. The number of amides is 4. The van der Waals surface area contributed by atoms with Crippen LogP contribution in [-0.4, -0.2) is 39.9 Å². The number of urea groups is 1. The molecule has 4 amide bonds. The summed E-state index contributed by atoms with van der Waals surface area (Å²) in [7, 11) is 0. The lowest BCUT2D eigenvalue weighted by Crippen LogP contribution is -2.46. The first kappa shape index (κ1) is 18.2. The molecule has 0 bridgehead atoms. The van der Waals surface area contributed by atoms with E-state index in [1.165, 1.54) is 6.07 Å². The molecule has 1 saturated carbocycles. The predicted molar refractivity (Wildman–Crippen MR) is 96.8 cm³/mol. The third-order valence-corrected chi connectivity index (χ3v) is 5.13. The van der Waals surface area contributed by atoms with E-state index in [1.54, 1.807) is 19.1 Å². The number of phenols is 1. The number of imide groups is 1. The van der Waals surface area contributed by atoms with E-state index in [4.69, 9.17) is 0 Å². The molecule has 1 atom stereocenters. The third-order valence-electron chi connectivity index (χ3n) is 5.13. The van der Waals surface area contributed by atoms with Crippen molar-refractivity contribution >= 4 is 23.5 Å². The van der Waals surface area contributed by atoms with E-state index in [1.807, 2.05) is 20.8 Å². The average Bonchev–Trinajstić information content (AvgIpc) is 3.35. The van der Waals surface area contributed by atoms with Gasteiger partial charge in [-0.1, -0.05) is 26.8 Å². The maximum atomic E-state index is 12.6. The van der Waals surface area contributed by atoms with Crippen molar-refractivity contribution in [3.05, 3.63) is 23.8 Å². The van der Waals surface area contributed by atoms with Crippen LogP contribution in [0.25, 0.3) is 0 Å². The van der Waals surface area contributed by atoms with Crippen LogP contribution < -0.4 is 10.6 Å². The van der Waals surface area contributed by atoms with Crippen molar-refractivity contribution in [3.8, 4) is 5.75 Å². The molecule has 7 heteroatoms. The summed E-state index contributed by atoms with van der Waals surface area (Å²) in [5, 5.41) is 15.3. The number of nitrogens with one attached hydrogen (secondary N) is 2. The number of benzene rings is 1. The van der Waals surface area contributed by atoms with Gasteiger partial charge in [-0.2, -0.15) is 0 Å². The van der Waals surface area contributed by atoms with Gasteiger partial charge in [0.05, 0.1) is 5.69 Å². The molecule has 1 saturated heterocycles. The first-order valence-electron chi connectivity index (χ1n) is 8.80. The Kier molecular flexibility index (Phi) is 4.21. The fraction of sp³-hybridized carbons (Fsp3) is 0.526. The van der Waals surface area contributed by atoms with E-state index < -0.39 is 17.5 Å². The van der Waals surface area contributed by atoms with Gasteiger partial charge in [0, 0.05) is 0 Å². The highest BCUT2D eigenvalue weighted by Crippen LogP contribution is 2.42. The molecule has 1 aromatic rings. The highest BCUT2D eigenvalue weighted by atomic mass is 16.3. The minimum atomic E-state index is -0.911. The highest BCUT2D eigenvalue weighted by Gasteiger charge is 2.56. The maximum Gasteiger partial charge on any atom is 0.325 e. The second-order valence-electron chi connectivity index (χ2n) is 8.33. The molecule has 0 unspecified atom stereocenters. The maximum absolute atomic E-state index is 12.6. The lowest BCUT2D eigenvalue weighted by Gasteiger charge is -2.21. The van der Waals surface area contributed by atoms with Crippen LogP contribution in [0.4, 0.5) is 10.5 Å². The van der Waals surface area contributed by atoms with Gasteiger partial charge < -0.3 is 15.7 Å². The highest BCUT2D eigenvalue weighted by molar-refractivity contribution is 6.10. The molecule has 2 fully saturated rings. The zero-order valence-corrected chi connectivity index (χ0v) is 15.5. The molecule has 0 aromatic heterocycles. The van der Waals surface area contributed by atoms with E-state index in [0.717, 1.165) is 23.3 Å². The van der Waals surface area contributed by atoms with Crippen molar-refractivity contribution < 1.29 is 19.5 Å². The molecule has 1 aliphatic heterocycles. The number of anilines is 1. The molecule has 0 radical (unpaired) electrons. The topological polar surface area (TPSA) is 98.7 Å². The van der Waals surface area contributed by atoms with E-state index in [9.17, 15) is 19.5 Å². The summed E-state index contributed by atoms with van der Waals surface area (Å²) in [6.07, 6.45) is 1.80. The van der Waals surface area contributed by atoms with Crippen molar-refractivity contribution in [2.75, 3.05) is 11.9 Å². The van der Waals surface area contributed by atoms with E-state index in [0.29, 0.717) is 0 Å². The normalized spacial score (nSPS) is 23.2. The van der Waals surface area contributed by atoms with Crippen LogP contribution in [0.3, 0.4) is 0 Å². The first-order valence-corrected chi connectivity index (χ1v) is 8.80. The molecular weight excluding hydrogens is 334 g/mol. The number of nitrogens with zero attached hydrogens (tertiary/aromatic N) is 1. The Morgan fingerprint density at radius 1 is 1.35 bits per heavy atom. The monoisotopic (exact) mass is 359 g/mol. The van der Waals surface area contributed by atoms with Crippen molar-refractivity contribution in [1.29, 1.82) is 0 Å². The lowest BCUT2D eigenvalue weighted by atomic mass is 9.87. The number of hydrogen-bond acceptors (Lipinski definition) is 4. The van der Waals surface area contributed by atoms with Crippen molar-refractivity contribution in [1.82, 2.24) is 10.2 Å². The fourth-order valence-electron chi connectivity index (χ4n) is 3.23. The quantitative estimate of drug-likeness (QED) is 0.568. The van der Waals surface area contributed by atoms with Gasteiger partial charge in [-0.3, -0.25) is 14.5 Å². The number of carbonyl (C=O) groups excluding carboxylic acids is 3. The van der Waals surface area contributed by atoms with Crippen LogP contribution in [0.15, 0.2) is 18.2 Å². The number of rotatable bonds is 4. The van der Waals surface area contributed by atoms with Crippen LogP contribution in [0, 0.1) is 5.92 Å².